The lowest BCUT2D eigenvalue weighted by Crippen LogP contribution is -2.26. The zero-order valence-electron chi connectivity index (χ0n) is 15.6. The molecule has 0 N–H and O–H groups in total. The van der Waals surface area contributed by atoms with E-state index in [9.17, 15) is 13.2 Å². The van der Waals surface area contributed by atoms with Crippen LogP contribution in [0.25, 0.3) is 5.69 Å². The SMILES string of the molecule is CON(C)S(=O)(=O)c1cc(C(=O)OCc2ccc(-n3cccn3)cc2)ccc1Cl. The first-order valence-corrected chi connectivity index (χ1v) is 10.2. The molecule has 0 aliphatic rings. The molecule has 1 aromatic heterocycles. The van der Waals surface area contributed by atoms with Gasteiger partial charge in [0.1, 0.15) is 11.5 Å². The van der Waals surface area contributed by atoms with Crippen LogP contribution in [-0.4, -0.2) is 42.8 Å². The van der Waals surface area contributed by atoms with Crippen LogP contribution >= 0.6 is 11.6 Å². The molecule has 0 amide bonds. The van der Waals surface area contributed by atoms with E-state index in [4.69, 9.17) is 21.2 Å². The number of rotatable bonds is 7. The maximum Gasteiger partial charge on any atom is 0.338 e. The van der Waals surface area contributed by atoms with Gasteiger partial charge in [-0.3, -0.25) is 4.84 Å². The highest BCUT2D eigenvalue weighted by atomic mass is 35.5. The highest BCUT2D eigenvalue weighted by Crippen LogP contribution is 2.26. The van der Waals surface area contributed by atoms with Crippen molar-refractivity contribution in [3.8, 4) is 5.69 Å². The molecule has 2 aromatic carbocycles. The maximum absolute atomic E-state index is 12.4. The fraction of sp³-hybridized carbons (Fsp3) is 0.158. The lowest BCUT2D eigenvalue weighted by molar-refractivity contribution is -0.0258. The molecule has 29 heavy (non-hydrogen) atoms. The van der Waals surface area contributed by atoms with Gasteiger partial charge in [0.2, 0.25) is 0 Å². The molecule has 3 aromatic rings. The summed E-state index contributed by atoms with van der Waals surface area (Å²) < 4.78 is 32.5. The van der Waals surface area contributed by atoms with E-state index in [0.717, 1.165) is 17.3 Å². The van der Waals surface area contributed by atoms with Crippen molar-refractivity contribution in [3.05, 3.63) is 77.1 Å². The standard InChI is InChI=1S/C19H18ClN3O5S/c1-22(27-2)29(25,26)18-12-15(6-9-17(18)20)19(24)28-13-14-4-7-16(8-5-14)23-11-3-10-21-23/h3-12H,13H2,1-2H3. The van der Waals surface area contributed by atoms with Crippen LogP contribution in [0, 0.1) is 0 Å². The summed E-state index contributed by atoms with van der Waals surface area (Å²) in [4.78, 5) is 16.9. The van der Waals surface area contributed by atoms with E-state index in [1.54, 1.807) is 10.9 Å². The molecular weight excluding hydrogens is 418 g/mol. The summed E-state index contributed by atoms with van der Waals surface area (Å²) in [5.41, 5.74) is 1.71. The van der Waals surface area contributed by atoms with Crippen LogP contribution < -0.4 is 0 Å². The zero-order valence-corrected chi connectivity index (χ0v) is 17.2. The molecule has 0 radical (unpaired) electrons. The minimum Gasteiger partial charge on any atom is -0.457 e. The number of aromatic nitrogens is 2. The number of esters is 1. The second kappa shape index (κ2) is 8.75. The first-order chi connectivity index (χ1) is 13.8. The van der Waals surface area contributed by atoms with Gasteiger partial charge in [0, 0.05) is 19.4 Å². The summed E-state index contributed by atoms with van der Waals surface area (Å²) in [5, 5.41) is 4.11. The lowest BCUT2D eigenvalue weighted by atomic mass is 10.2. The van der Waals surface area contributed by atoms with Gasteiger partial charge in [-0.05, 0) is 42.0 Å². The van der Waals surface area contributed by atoms with Gasteiger partial charge in [0.25, 0.3) is 10.0 Å². The molecule has 0 bridgehead atoms. The van der Waals surface area contributed by atoms with Gasteiger partial charge in [-0.2, -0.15) is 5.10 Å². The van der Waals surface area contributed by atoms with Gasteiger partial charge in [0.05, 0.1) is 23.4 Å². The smallest absolute Gasteiger partial charge is 0.338 e. The minimum atomic E-state index is -4.01. The monoisotopic (exact) mass is 435 g/mol. The van der Waals surface area contributed by atoms with Gasteiger partial charge in [0.15, 0.2) is 0 Å². The molecule has 3 rings (SSSR count). The molecule has 0 aliphatic heterocycles. The lowest BCUT2D eigenvalue weighted by Gasteiger charge is -2.15. The number of carbonyl (C=O) groups excluding carboxylic acids is 1. The van der Waals surface area contributed by atoms with Crippen LogP contribution in [0.15, 0.2) is 65.8 Å². The largest absolute Gasteiger partial charge is 0.457 e. The van der Waals surface area contributed by atoms with Crippen LogP contribution in [0.2, 0.25) is 5.02 Å². The Morgan fingerprint density at radius 3 is 2.55 bits per heavy atom. The van der Waals surface area contributed by atoms with E-state index in [0.29, 0.717) is 4.47 Å². The number of nitrogens with zero attached hydrogens (tertiary/aromatic N) is 3. The van der Waals surface area contributed by atoms with Crippen LogP contribution in [0.4, 0.5) is 0 Å². The van der Waals surface area contributed by atoms with Crippen LogP contribution in [-0.2, 0) is 26.2 Å². The fourth-order valence-corrected chi connectivity index (χ4v) is 3.94. The molecule has 0 aliphatic carbocycles. The number of halogens is 1. The van der Waals surface area contributed by atoms with Crippen molar-refractivity contribution in [2.24, 2.45) is 0 Å². The molecule has 152 valence electrons. The predicted molar refractivity (Wildman–Crippen MR) is 106 cm³/mol. The molecule has 0 saturated heterocycles. The molecule has 0 fully saturated rings. The Kier molecular flexibility index (Phi) is 6.33. The second-order valence-electron chi connectivity index (χ2n) is 5.94. The highest BCUT2D eigenvalue weighted by molar-refractivity contribution is 7.89. The molecule has 10 heteroatoms. The van der Waals surface area contributed by atoms with Gasteiger partial charge >= 0.3 is 5.97 Å². The molecule has 1 heterocycles. The number of sulfonamides is 1. The number of hydrogen-bond acceptors (Lipinski definition) is 6. The van der Waals surface area contributed by atoms with Crippen molar-refractivity contribution < 1.29 is 22.8 Å². The quantitative estimate of drug-likeness (QED) is 0.418. The zero-order chi connectivity index (χ0) is 21.0. The molecule has 8 nitrogen and oxygen atoms in total. The molecule has 0 unspecified atom stereocenters. The number of ether oxygens (including phenoxy) is 1. The Labute approximate surface area is 173 Å². The summed E-state index contributed by atoms with van der Waals surface area (Å²) >= 11 is 6.00. The van der Waals surface area contributed by atoms with Crippen LogP contribution in [0.5, 0.6) is 0 Å². The first-order valence-electron chi connectivity index (χ1n) is 8.41. The number of hydrogen-bond donors (Lipinski definition) is 0. The van der Waals surface area contributed by atoms with Crippen molar-refractivity contribution in [3.63, 3.8) is 0 Å². The Morgan fingerprint density at radius 2 is 1.93 bits per heavy atom. The third kappa shape index (κ3) is 4.65. The van der Waals surface area contributed by atoms with Gasteiger partial charge in [-0.1, -0.05) is 28.2 Å². The topological polar surface area (TPSA) is 90.7 Å². The Morgan fingerprint density at radius 1 is 1.21 bits per heavy atom. The number of carbonyl (C=O) groups is 1. The Hall–Kier alpha value is -2.72. The average Bonchev–Trinajstić information content (AvgIpc) is 3.26. The number of hydroxylamine groups is 1. The molecule has 0 saturated carbocycles. The molecular formula is C19H18ClN3O5S. The van der Waals surface area contributed by atoms with E-state index < -0.39 is 16.0 Å². The van der Waals surface area contributed by atoms with Crippen molar-refractivity contribution in [1.82, 2.24) is 14.2 Å². The van der Waals surface area contributed by atoms with Crippen LogP contribution in [0.1, 0.15) is 15.9 Å². The first kappa shape index (κ1) is 21.0. The minimum absolute atomic E-state index is 0.0281. The van der Waals surface area contributed by atoms with E-state index in [2.05, 4.69) is 5.10 Å². The number of benzene rings is 2. The van der Waals surface area contributed by atoms with Gasteiger partial charge < -0.3 is 4.74 Å². The second-order valence-corrected chi connectivity index (χ2v) is 8.25. The molecule has 0 atom stereocenters. The molecule has 0 spiro atoms. The summed E-state index contributed by atoms with van der Waals surface area (Å²) in [6.07, 6.45) is 3.50. The van der Waals surface area contributed by atoms with E-state index in [1.165, 1.54) is 26.3 Å². The average molecular weight is 436 g/mol. The van der Waals surface area contributed by atoms with Crippen molar-refractivity contribution in [2.45, 2.75) is 11.5 Å². The van der Waals surface area contributed by atoms with Crippen LogP contribution in [0.3, 0.4) is 0 Å². The van der Waals surface area contributed by atoms with Crippen molar-refractivity contribution >= 4 is 27.6 Å². The van der Waals surface area contributed by atoms with Crippen molar-refractivity contribution in [2.75, 3.05) is 14.2 Å². The van der Waals surface area contributed by atoms with E-state index in [1.807, 2.05) is 36.5 Å². The predicted octanol–water partition coefficient (Wildman–Crippen LogP) is 3.06. The maximum atomic E-state index is 12.4. The summed E-state index contributed by atoms with van der Waals surface area (Å²) in [6, 6.07) is 13.0. The summed E-state index contributed by atoms with van der Waals surface area (Å²) in [7, 11) is -1.57. The Balaban J connectivity index is 1.72. The fourth-order valence-electron chi connectivity index (χ4n) is 2.46. The summed E-state index contributed by atoms with van der Waals surface area (Å²) in [5.74, 6) is -0.672. The van der Waals surface area contributed by atoms with Crippen molar-refractivity contribution in [1.29, 1.82) is 0 Å². The highest BCUT2D eigenvalue weighted by Gasteiger charge is 2.25. The van der Waals surface area contributed by atoms with Gasteiger partial charge in [-0.25, -0.2) is 17.9 Å². The summed E-state index contributed by atoms with van der Waals surface area (Å²) in [6.45, 7) is 0.0287. The van der Waals surface area contributed by atoms with E-state index in [-0.39, 0.29) is 22.1 Å². The van der Waals surface area contributed by atoms with E-state index >= 15 is 0 Å². The normalized spacial score (nSPS) is 11.6. The van der Waals surface area contributed by atoms with Gasteiger partial charge in [-0.15, -0.1) is 0 Å². The third-order valence-electron chi connectivity index (χ3n) is 4.12. The third-order valence-corrected chi connectivity index (χ3v) is 6.28. The Bertz CT molecular complexity index is 1100.